The largest absolute Gasteiger partial charge is 0.397 e. The Hall–Kier alpha value is -1.17. The van der Waals surface area contributed by atoms with Crippen LogP contribution in [-0.4, -0.2) is 15.9 Å². The zero-order valence-corrected chi connectivity index (χ0v) is 16.1. The number of benzene rings is 1. The van der Waals surface area contributed by atoms with Crippen LogP contribution < -0.4 is 5.73 Å². The van der Waals surface area contributed by atoms with Crippen molar-refractivity contribution in [3.05, 3.63) is 46.7 Å². The SMILES string of the molecule is CCSC(C)=O.Cc1ccc(Cl)cc1Sc1cc(N)cnc1C. The number of thioether (sulfide) groups is 1. The molecule has 1 aromatic heterocycles. The Labute approximate surface area is 151 Å². The van der Waals surface area contributed by atoms with Crippen molar-refractivity contribution in [3.8, 4) is 0 Å². The number of hydrogen-bond donors (Lipinski definition) is 1. The highest BCUT2D eigenvalue weighted by Gasteiger charge is 2.06. The highest BCUT2D eigenvalue weighted by atomic mass is 35.5. The summed E-state index contributed by atoms with van der Waals surface area (Å²) in [7, 11) is 0. The highest BCUT2D eigenvalue weighted by Crippen LogP contribution is 2.34. The average Bonchev–Trinajstić information content (AvgIpc) is 2.47. The molecule has 1 heterocycles. The van der Waals surface area contributed by atoms with Crippen molar-refractivity contribution in [1.82, 2.24) is 4.98 Å². The van der Waals surface area contributed by atoms with Gasteiger partial charge >= 0.3 is 0 Å². The third-order valence-corrected chi connectivity index (χ3v) is 5.00. The van der Waals surface area contributed by atoms with Crippen LogP contribution in [0.25, 0.3) is 0 Å². The summed E-state index contributed by atoms with van der Waals surface area (Å²) in [6.45, 7) is 7.58. The molecule has 23 heavy (non-hydrogen) atoms. The van der Waals surface area contributed by atoms with Crippen molar-refractivity contribution in [2.75, 3.05) is 11.5 Å². The first-order valence-corrected chi connectivity index (χ1v) is 9.31. The number of anilines is 1. The van der Waals surface area contributed by atoms with E-state index >= 15 is 0 Å². The lowest BCUT2D eigenvalue weighted by atomic mass is 10.2. The van der Waals surface area contributed by atoms with Crippen LogP contribution in [-0.2, 0) is 4.79 Å². The van der Waals surface area contributed by atoms with Crippen LogP contribution in [0.2, 0.25) is 5.02 Å². The summed E-state index contributed by atoms with van der Waals surface area (Å²) in [6, 6.07) is 7.81. The van der Waals surface area contributed by atoms with Crippen molar-refractivity contribution < 1.29 is 4.79 Å². The molecular weight excluding hydrogens is 348 g/mol. The van der Waals surface area contributed by atoms with E-state index in [-0.39, 0.29) is 5.12 Å². The van der Waals surface area contributed by atoms with E-state index < -0.39 is 0 Å². The summed E-state index contributed by atoms with van der Waals surface area (Å²) in [5, 5.41) is 0.949. The lowest BCUT2D eigenvalue weighted by molar-refractivity contribution is -0.109. The highest BCUT2D eigenvalue weighted by molar-refractivity contribution is 8.13. The van der Waals surface area contributed by atoms with Crippen molar-refractivity contribution in [3.63, 3.8) is 0 Å². The third kappa shape index (κ3) is 7.29. The van der Waals surface area contributed by atoms with Gasteiger partial charge < -0.3 is 5.73 Å². The molecule has 1 aromatic carbocycles. The Bertz CT molecular complexity index is 628. The molecule has 2 N–H and O–H groups in total. The molecule has 0 spiro atoms. The first-order valence-electron chi connectivity index (χ1n) is 7.13. The fourth-order valence-electron chi connectivity index (χ4n) is 1.64. The summed E-state index contributed by atoms with van der Waals surface area (Å²) < 4.78 is 0. The number of carbonyl (C=O) groups is 1. The molecule has 0 fully saturated rings. The summed E-state index contributed by atoms with van der Waals surface area (Å²) in [5.41, 5.74) is 8.60. The van der Waals surface area contributed by atoms with E-state index in [1.54, 1.807) is 24.9 Å². The minimum atomic E-state index is 0.206. The van der Waals surface area contributed by atoms with E-state index in [9.17, 15) is 4.79 Å². The van der Waals surface area contributed by atoms with Crippen LogP contribution >= 0.6 is 35.1 Å². The number of halogens is 1. The van der Waals surface area contributed by atoms with Crippen molar-refractivity contribution >= 4 is 45.9 Å². The standard InChI is InChI=1S/C13H13ClN2S.C4H8OS/c1-8-3-4-10(14)5-12(8)17-13-6-11(15)7-16-9(13)2;1-3-6-4(2)5/h3-7H,15H2,1-2H3;3H2,1-2H3. The van der Waals surface area contributed by atoms with E-state index in [2.05, 4.69) is 11.9 Å². The van der Waals surface area contributed by atoms with Gasteiger partial charge in [-0.15, -0.1) is 0 Å². The van der Waals surface area contributed by atoms with Gasteiger partial charge in [-0.2, -0.15) is 0 Å². The lowest BCUT2D eigenvalue weighted by Gasteiger charge is -2.08. The van der Waals surface area contributed by atoms with Crippen LogP contribution in [0.5, 0.6) is 0 Å². The topological polar surface area (TPSA) is 56.0 Å². The van der Waals surface area contributed by atoms with Crippen LogP contribution in [0.3, 0.4) is 0 Å². The van der Waals surface area contributed by atoms with E-state index in [1.165, 1.54) is 17.3 Å². The molecule has 0 saturated heterocycles. The maximum atomic E-state index is 10.0. The van der Waals surface area contributed by atoms with Gasteiger partial charge in [-0.1, -0.05) is 48.1 Å². The predicted molar refractivity (Wildman–Crippen MR) is 103 cm³/mol. The molecule has 0 amide bonds. The number of nitrogen functional groups attached to an aromatic ring is 1. The molecule has 2 aromatic rings. The van der Waals surface area contributed by atoms with Crippen molar-refractivity contribution in [1.29, 1.82) is 0 Å². The second-order valence-corrected chi connectivity index (χ2v) is 7.75. The number of aryl methyl sites for hydroxylation is 2. The zero-order chi connectivity index (χ0) is 17.4. The zero-order valence-electron chi connectivity index (χ0n) is 13.7. The van der Waals surface area contributed by atoms with Crippen LogP contribution in [0.15, 0.2) is 40.3 Å². The maximum Gasteiger partial charge on any atom is 0.185 e. The molecule has 0 aliphatic rings. The summed E-state index contributed by atoms with van der Waals surface area (Å²) in [4.78, 5) is 16.5. The Balaban J connectivity index is 0.000000379. The van der Waals surface area contributed by atoms with E-state index in [0.717, 1.165) is 26.3 Å². The number of rotatable bonds is 3. The Morgan fingerprint density at radius 2 is 1.96 bits per heavy atom. The Kier molecular flexibility index (Phi) is 8.52. The van der Waals surface area contributed by atoms with Crippen molar-refractivity contribution in [2.24, 2.45) is 0 Å². The third-order valence-electron chi connectivity index (χ3n) is 2.78. The van der Waals surface area contributed by atoms with Gasteiger partial charge in [0, 0.05) is 21.7 Å². The Morgan fingerprint density at radius 1 is 1.26 bits per heavy atom. The first-order chi connectivity index (χ1) is 10.8. The molecule has 0 atom stereocenters. The molecule has 3 nitrogen and oxygen atoms in total. The van der Waals surface area contributed by atoms with Gasteiger partial charge in [-0.3, -0.25) is 9.78 Å². The number of nitrogens with zero attached hydrogens (tertiary/aromatic N) is 1. The van der Waals surface area contributed by atoms with E-state index in [1.807, 2.05) is 38.1 Å². The van der Waals surface area contributed by atoms with Gasteiger partial charge in [0.25, 0.3) is 0 Å². The number of aromatic nitrogens is 1. The molecule has 0 saturated carbocycles. The normalized spacial score (nSPS) is 9.96. The van der Waals surface area contributed by atoms with Crippen LogP contribution in [0.1, 0.15) is 25.1 Å². The first kappa shape index (κ1) is 19.9. The number of hydrogen-bond acceptors (Lipinski definition) is 5. The van der Waals surface area contributed by atoms with Crippen LogP contribution in [0.4, 0.5) is 5.69 Å². The second kappa shape index (κ2) is 9.85. The molecule has 124 valence electrons. The second-order valence-electron chi connectivity index (χ2n) is 4.79. The van der Waals surface area contributed by atoms with Gasteiger partial charge in [0.1, 0.15) is 0 Å². The summed E-state index contributed by atoms with van der Waals surface area (Å²) in [6.07, 6.45) is 1.67. The molecule has 0 bridgehead atoms. The lowest BCUT2D eigenvalue weighted by Crippen LogP contribution is -1.91. The molecule has 6 heteroatoms. The number of pyridine rings is 1. The molecule has 0 unspecified atom stereocenters. The minimum Gasteiger partial charge on any atom is -0.397 e. The predicted octanol–water partition coefficient (Wildman–Crippen LogP) is 5.37. The summed E-state index contributed by atoms with van der Waals surface area (Å²) >= 11 is 8.99. The monoisotopic (exact) mass is 368 g/mol. The average molecular weight is 369 g/mol. The van der Waals surface area contributed by atoms with Crippen LogP contribution in [0, 0.1) is 13.8 Å². The molecule has 0 aliphatic carbocycles. The van der Waals surface area contributed by atoms with Crippen molar-refractivity contribution in [2.45, 2.75) is 37.5 Å². The number of carbonyl (C=O) groups excluding carboxylic acids is 1. The quantitative estimate of drug-likeness (QED) is 0.789. The van der Waals surface area contributed by atoms with E-state index in [0.29, 0.717) is 5.69 Å². The van der Waals surface area contributed by atoms with E-state index in [4.69, 9.17) is 17.3 Å². The van der Waals surface area contributed by atoms with Gasteiger partial charge in [-0.05, 0) is 43.4 Å². The molecule has 0 radical (unpaired) electrons. The van der Waals surface area contributed by atoms with Gasteiger partial charge in [0.15, 0.2) is 5.12 Å². The fraction of sp³-hybridized carbons (Fsp3) is 0.294. The van der Waals surface area contributed by atoms with Gasteiger partial charge in [0.2, 0.25) is 0 Å². The van der Waals surface area contributed by atoms with Gasteiger partial charge in [-0.25, -0.2) is 0 Å². The number of nitrogens with two attached hydrogens (primary N) is 1. The maximum absolute atomic E-state index is 10.0. The van der Waals surface area contributed by atoms with Gasteiger partial charge in [0.05, 0.1) is 17.6 Å². The molecular formula is C17H21ClN2OS2. The molecule has 0 aliphatic heterocycles. The summed E-state index contributed by atoms with van der Waals surface area (Å²) in [5.74, 6) is 0.898. The molecule has 2 rings (SSSR count). The minimum absolute atomic E-state index is 0.206. The smallest absolute Gasteiger partial charge is 0.185 e. The fourth-order valence-corrected chi connectivity index (χ4v) is 3.33. The Morgan fingerprint density at radius 3 is 2.52 bits per heavy atom.